The van der Waals surface area contributed by atoms with E-state index in [0.717, 1.165) is 19.3 Å². The van der Waals surface area contributed by atoms with Crippen LogP contribution in [0.1, 0.15) is 39.5 Å². The predicted molar refractivity (Wildman–Crippen MR) is 63.0 cm³/mol. The molecule has 2 fully saturated rings. The van der Waals surface area contributed by atoms with Crippen LogP contribution in [0.4, 0.5) is 0 Å². The zero-order chi connectivity index (χ0) is 12.6. The van der Waals surface area contributed by atoms with Crippen LogP contribution in [0.25, 0.3) is 0 Å². The highest BCUT2D eigenvalue weighted by Crippen LogP contribution is 2.39. The van der Waals surface area contributed by atoms with Crippen molar-refractivity contribution in [1.29, 1.82) is 0 Å². The second kappa shape index (κ2) is 4.77. The first-order chi connectivity index (χ1) is 8.04. The topological polar surface area (TPSA) is 57.6 Å². The van der Waals surface area contributed by atoms with Crippen LogP contribution in [0.3, 0.4) is 0 Å². The second-order valence-electron chi connectivity index (χ2n) is 5.72. The molecule has 4 nitrogen and oxygen atoms in total. The van der Waals surface area contributed by atoms with Crippen molar-refractivity contribution < 1.29 is 14.7 Å². The molecule has 4 heteroatoms. The highest BCUT2D eigenvalue weighted by molar-refractivity contribution is 6.01. The van der Waals surface area contributed by atoms with Crippen LogP contribution in [0.15, 0.2) is 0 Å². The Hall–Kier alpha value is -0.900. The highest BCUT2D eigenvalue weighted by Gasteiger charge is 2.47. The van der Waals surface area contributed by atoms with Gasteiger partial charge >= 0.3 is 0 Å². The van der Waals surface area contributed by atoms with Gasteiger partial charge in [-0.25, -0.2) is 0 Å². The number of fused-ring (bicyclic) bond motifs is 2. The number of rotatable bonds is 4. The lowest BCUT2D eigenvalue weighted by molar-refractivity contribution is -0.157. The Morgan fingerprint density at radius 2 is 1.76 bits per heavy atom. The first-order valence-electron chi connectivity index (χ1n) is 6.52. The van der Waals surface area contributed by atoms with Crippen LogP contribution in [-0.4, -0.2) is 34.5 Å². The number of aliphatic hydroxyl groups is 1. The molecule has 2 bridgehead atoms. The lowest BCUT2D eigenvalue weighted by atomic mass is 9.93. The molecule has 1 N–H and O–H groups in total. The molecule has 2 amide bonds. The molecule has 3 atom stereocenters. The van der Waals surface area contributed by atoms with E-state index in [1.54, 1.807) is 0 Å². The summed E-state index contributed by atoms with van der Waals surface area (Å²) in [7, 11) is 0. The fourth-order valence-corrected chi connectivity index (χ4v) is 3.10. The summed E-state index contributed by atoms with van der Waals surface area (Å²) in [5, 5.41) is 9.41. The smallest absolute Gasteiger partial charge is 0.232 e. The van der Waals surface area contributed by atoms with Crippen LogP contribution >= 0.6 is 0 Å². The number of piperidine rings is 1. The molecule has 0 spiro atoms. The van der Waals surface area contributed by atoms with Gasteiger partial charge < -0.3 is 5.11 Å². The lowest BCUT2D eigenvalue weighted by Crippen LogP contribution is -2.53. The Morgan fingerprint density at radius 3 is 2.18 bits per heavy atom. The summed E-state index contributed by atoms with van der Waals surface area (Å²) < 4.78 is 0. The van der Waals surface area contributed by atoms with E-state index in [1.807, 2.05) is 13.8 Å². The lowest BCUT2D eigenvalue weighted by Gasteiger charge is -2.35. The standard InChI is InChI=1S/C13H21NO3/c1-8(2)5-11(7-15)14-12(16)9-3-4-10(6-9)13(14)17/h8-11,15H,3-7H2,1-2H3. The van der Waals surface area contributed by atoms with Gasteiger partial charge in [0.15, 0.2) is 0 Å². The molecule has 3 unspecified atom stereocenters. The van der Waals surface area contributed by atoms with Gasteiger partial charge in [0, 0.05) is 11.8 Å². The van der Waals surface area contributed by atoms with Gasteiger partial charge in [-0.2, -0.15) is 0 Å². The number of carbonyl (C=O) groups excluding carboxylic acids is 2. The third-order valence-electron chi connectivity index (χ3n) is 3.93. The maximum absolute atomic E-state index is 12.2. The molecule has 1 saturated carbocycles. The monoisotopic (exact) mass is 239 g/mol. The van der Waals surface area contributed by atoms with Gasteiger partial charge in [-0.1, -0.05) is 13.8 Å². The van der Waals surface area contributed by atoms with E-state index in [1.165, 1.54) is 4.90 Å². The average Bonchev–Trinajstić information content (AvgIpc) is 2.71. The van der Waals surface area contributed by atoms with E-state index in [2.05, 4.69) is 0 Å². The van der Waals surface area contributed by atoms with Gasteiger partial charge in [0.25, 0.3) is 0 Å². The van der Waals surface area contributed by atoms with Crippen molar-refractivity contribution in [3.05, 3.63) is 0 Å². The van der Waals surface area contributed by atoms with E-state index in [4.69, 9.17) is 0 Å². The molecule has 1 saturated heterocycles. The number of hydrogen-bond donors (Lipinski definition) is 1. The van der Waals surface area contributed by atoms with Crippen LogP contribution < -0.4 is 0 Å². The molecule has 0 aromatic carbocycles. The second-order valence-corrected chi connectivity index (χ2v) is 5.72. The third-order valence-corrected chi connectivity index (χ3v) is 3.93. The van der Waals surface area contributed by atoms with Gasteiger partial charge in [0.2, 0.25) is 11.8 Å². The number of hydrogen-bond acceptors (Lipinski definition) is 3. The van der Waals surface area contributed by atoms with Gasteiger partial charge in [-0.15, -0.1) is 0 Å². The third kappa shape index (κ3) is 2.23. The summed E-state index contributed by atoms with van der Waals surface area (Å²) in [6.45, 7) is 3.96. The Kier molecular flexibility index (Phi) is 3.52. The van der Waals surface area contributed by atoms with Crippen molar-refractivity contribution in [3.63, 3.8) is 0 Å². The largest absolute Gasteiger partial charge is 0.394 e. The molecule has 0 radical (unpaired) electrons. The number of imide groups is 1. The Balaban J connectivity index is 2.17. The van der Waals surface area contributed by atoms with Crippen molar-refractivity contribution in [1.82, 2.24) is 4.90 Å². The molecule has 17 heavy (non-hydrogen) atoms. The predicted octanol–water partition coefficient (Wildman–Crippen LogP) is 1.18. The van der Waals surface area contributed by atoms with Gasteiger partial charge in [0.1, 0.15) is 0 Å². The molecule has 96 valence electrons. The van der Waals surface area contributed by atoms with Crippen LogP contribution in [-0.2, 0) is 9.59 Å². The van der Waals surface area contributed by atoms with Crippen LogP contribution in [0, 0.1) is 17.8 Å². The summed E-state index contributed by atoms with van der Waals surface area (Å²) in [5.74, 6) is 0.317. The van der Waals surface area contributed by atoms with E-state index in [0.29, 0.717) is 12.3 Å². The molecular formula is C13H21NO3. The zero-order valence-electron chi connectivity index (χ0n) is 10.6. The summed E-state index contributed by atoms with van der Waals surface area (Å²) in [5.41, 5.74) is 0. The van der Waals surface area contributed by atoms with Crippen molar-refractivity contribution in [3.8, 4) is 0 Å². The Bertz CT molecular complexity index is 305. The number of nitrogens with zero attached hydrogens (tertiary/aromatic N) is 1. The minimum Gasteiger partial charge on any atom is -0.394 e. The zero-order valence-corrected chi connectivity index (χ0v) is 10.6. The molecule has 1 heterocycles. The van der Waals surface area contributed by atoms with E-state index < -0.39 is 0 Å². The number of amides is 2. The quantitative estimate of drug-likeness (QED) is 0.749. The molecular weight excluding hydrogens is 218 g/mol. The normalized spacial score (nSPS) is 30.2. The highest BCUT2D eigenvalue weighted by atomic mass is 16.3. The number of carbonyl (C=O) groups is 2. The van der Waals surface area contributed by atoms with E-state index >= 15 is 0 Å². The average molecular weight is 239 g/mol. The number of likely N-dealkylation sites (tertiary alicyclic amines) is 1. The summed E-state index contributed by atoms with van der Waals surface area (Å²) >= 11 is 0. The van der Waals surface area contributed by atoms with E-state index in [9.17, 15) is 14.7 Å². The van der Waals surface area contributed by atoms with Crippen LogP contribution in [0.2, 0.25) is 0 Å². The maximum Gasteiger partial charge on any atom is 0.232 e. The molecule has 0 aromatic rings. The molecule has 0 aromatic heterocycles. The summed E-state index contributed by atoms with van der Waals surface area (Å²) in [4.78, 5) is 25.7. The van der Waals surface area contributed by atoms with Crippen LogP contribution in [0.5, 0.6) is 0 Å². The Morgan fingerprint density at radius 1 is 1.24 bits per heavy atom. The van der Waals surface area contributed by atoms with Crippen molar-refractivity contribution in [2.24, 2.45) is 17.8 Å². The minimum atomic E-state index is -0.321. The Labute approximate surface area is 102 Å². The van der Waals surface area contributed by atoms with Crippen molar-refractivity contribution >= 4 is 11.8 Å². The minimum absolute atomic E-state index is 0.0268. The van der Waals surface area contributed by atoms with E-state index in [-0.39, 0.29) is 36.3 Å². The molecule has 1 aliphatic heterocycles. The summed E-state index contributed by atoms with van der Waals surface area (Å²) in [6, 6.07) is -0.321. The number of aliphatic hydroxyl groups excluding tert-OH is 1. The van der Waals surface area contributed by atoms with Gasteiger partial charge in [-0.05, 0) is 31.6 Å². The van der Waals surface area contributed by atoms with Gasteiger partial charge in [-0.3, -0.25) is 14.5 Å². The molecule has 2 rings (SSSR count). The first kappa shape index (κ1) is 12.6. The summed E-state index contributed by atoms with van der Waals surface area (Å²) in [6.07, 6.45) is 3.10. The molecule has 1 aliphatic carbocycles. The first-order valence-corrected chi connectivity index (χ1v) is 6.52. The maximum atomic E-state index is 12.2. The van der Waals surface area contributed by atoms with Crippen molar-refractivity contribution in [2.75, 3.05) is 6.61 Å². The SMILES string of the molecule is CC(C)CC(CO)N1C(=O)C2CCC(C2)C1=O. The molecule has 2 aliphatic rings. The fraction of sp³-hybridized carbons (Fsp3) is 0.846. The van der Waals surface area contributed by atoms with Crippen molar-refractivity contribution in [2.45, 2.75) is 45.6 Å². The fourth-order valence-electron chi connectivity index (χ4n) is 3.10. The van der Waals surface area contributed by atoms with Gasteiger partial charge in [0.05, 0.1) is 12.6 Å².